The van der Waals surface area contributed by atoms with Crippen LogP contribution < -0.4 is 5.32 Å². The normalized spacial score (nSPS) is 10.7. The highest BCUT2D eigenvalue weighted by Crippen LogP contribution is 2.19. The van der Waals surface area contributed by atoms with Crippen LogP contribution in [0.1, 0.15) is 10.5 Å². The maximum absolute atomic E-state index is 12.0. The van der Waals surface area contributed by atoms with Crippen LogP contribution in [0, 0.1) is 0 Å². The van der Waals surface area contributed by atoms with E-state index in [9.17, 15) is 4.79 Å². The molecule has 0 radical (unpaired) electrons. The summed E-state index contributed by atoms with van der Waals surface area (Å²) in [6, 6.07) is 13.0. The Hall–Kier alpha value is -2.93. The Morgan fingerprint density at radius 3 is 2.88 bits per heavy atom. The molecule has 0 atom stereocenters. The lowest BCUT2D eigenvalue weighted by molar-refractivity contribution is 0.0898. The van der Waals surface area contributed by atoms with Crippen LogP contribution in [0.2, 0.25) is 0 Å². The highest BCUT2D eigenvalue weighted by Gasteiger charge is 2.12. The molecule has 1 amide bonds. The van der Waals surface area contributed by atoms with Crippen LogP contribution in [0.4, 0.5) is 0 Å². The third-order valence-electron chi connectivity index (χ3n) is 3.36. The number of ether oxygens (including phenoxy) is 1. The number of hydrogen-bond acceptors (Lipinski definition) is 5. The van der Waals surface area contributed by atoms with Crippen LogP contribution in [-0.2, 0) is 11.3 Å². The summed E-state index contributed by atoms with van der Waals surface area (Å²) in [5.41, 5.74) is 1.14. The molecule has 2 heterocycles. The van der Waals surface area contributed by atoms with Crippen LogP contribution in [0.15, 0.2) is 59.4 Å². The molecule has 7 nitrogen and oxygen atoms in total. The third kappa shape index (κ3) is 4.30. The molecule has 0 aliphatic rings. The van der Waals surface area contributed by atoms with Crippen LogP contribution in [0.5, 0.6) is 0 Å². The van der Waals surface area contributed by atoms with Gasteiger partial charge in [-0.05, 0) is 6.07 Å². The van der Waals surface area contributed by atoms with Crippen LogP contribution in [0.25, 0.3) is 11.3 Å². The maximum atomic E-state index is 12.0. The van der Waals surface area contributed by atoms with Gasteiger partial charge in [0.15, 0.2) is 11.5 Å². The van der Waals surface area contributed by atoms with Crippen molar-refractivity contribution in [3.05, 3.63) is 60.6 Å². The van der Waals surface area contributed by atoms with E-state index in [2.05, 4.69) is 15.6 Å². The minimum Gasteiger partial charge on any atom is -0.378 e. The molecule has 0 spiro atoms. The summed E-state index contributed by atoms with van der Waals surface area (Å²) >= 11 is 0. The molecule has 1 aromatic carbocycles. The average Bonchev–Trinajstić information content (AvgIpc) is 3.30. The Morgan fingerprint density at radius 1 is 1.21 bits per heavy atom. The van der Waals surface area contributed by atoms with E-state index in [0.717, 1.165) is 5.56 Å². The molecule has 3 aromatic rings. The van der Waals surface area contributed by atoms with Gasteiger partial charge in [-0.2, -0.15) is 5.10 Å². The van der Waals surface area contributed by atoms with E-state index >= 15 is 0 Å². The van der Waals surface area contributed by atoms with Crippen molar-refractivity contribution in [1.29, 1.82) is 0 Å². The molecule has 0 fully saturated rings. The molecule has 0 saturated carbocycles. The molecule has 0 saturated heterocycles. The standard InChI is InChI=1S/C17H18N4O3/c22-17(18-8-11-23-12-10-21-9-4-7-19-21)15-13-16(24-20-15)14-5-2-1-3-6-14/h1-7,9,13H,8,10-12H2,(H,18,22). The van der Waals surface area contributed by atoms with Crippen molar-refractivity contribution in [3.8, 4) is 11.3 Å². The second kappa shape index (κ2) is 8.07. The summed E-state index contributed by atoms with van der Waals surface area (Å²) in [7, 11) is 0. The summed E-state index contributed by atoms with van der Waals surface area (Å²) in [5, 5.41) is 10.6. The zero-order chi connectivity index (χ0) is 16.6. The predicted molar refractivity (Wildman–Crippen MR) is 87.3 cm³/mol. The number of benzene rings is 1. The lowest BCUT2D eigenvalue weighted by atomic mass is 10.1. The first-order valence-corrected chi connectivity index (χ1v) is 7.68. The third-order valence-corrected chi connectivity index (χ3v) is 3.36. The molecule has 2 aromatic heterocycles. The van der Waals surface area contributed by atoms with Gasteiger partial charge < -0.3 is 14.6 Å². The summed E-state index contributed by atoms with van der Waals surface area (Å²) < 4.78 is 12.4. The Bertz CT molecular complexity index is 753. The largest absolute Gasteiger partial charge is 0.378 e. The van der Waals surface area contributed by atoms with Gasteiger partial charge in [-0.1, -0.05) is 35.5 Å². The van der Waals surface area contributed by atoms with Crippen molar-refractivity contribution in [2.24, 2.45) is 0 Å². The molecule has 0 unspecified atom stereocenters. The first kappa shape index (κ1) is 15.9. The number of aromatic nitrogens is 3. The molecule has 24 heavy (non-hydrogen) atoms. The van der Waals surface area contributed by atoms with Crippen molar-refractivity contribution in [2.75, 3.05) is 19.8 Å². The van der Waals surface area contributed by atoms with Crippen LogP contribution in [-0.4, -0.2) is 40.6 Å². The van der Waals surface area contributed by atoms with Gasteiger partial charge in [0.25, 0.3) is 5.91 Å². The second-order valence-corrected chi connectivity index (χ2v) is 5.08. The fourth-order valence-electron chi connectivity index (χ4n) is 2.14. The van der Waals surface area contributed by atoms with E-state index in [1.165, 1.54) is 0 Å². The number of nitrogens with one attached hydrogen (secondary N) is 1. The molecule has 7 heteroatoms. The molecule has 124 valence electrons. The molecule has 1 N–H and O–H groups in total. The van der Waals surface area contributed by atoms with Crippen molar-refractivity contribution >= 4 is 5.91 Å². The highest BCUT2D eigenvalue weighted by molar-refractivity contribution is 5.93. The lowest BCUT2D eigenvalue weighted by Crippen LogP contribution is -2.27. The van der Waals surface area contributed by atoms with Crippen molar-refractivity contribution in [3.63, 3.8) is 0 Å². The maximum Gasteiger partial charge on any atom is 0.273 e. The van der Waals surface area contributed by atoms with Gasteiger partial charge in [0.1, 0.15) is 0 Å². The number of carbonyl (C=O) groups is 1. The summed E-state index contributed by atoms with van der Waals surface area (Å²) in [6.07, 6.45) is 3.60. The summed E-state index contributed by atoms with van der Waals surface area (Å²) in [5.74, 6) is 0.285. The number of amides is 1. The van der Waals surface area contributed by atoms with Gasteiger partial charge in [-0.15, -0.1) is 0 Å². The molecule has 0 bridgehead atoms. The number of hydrogen-bond donors (Lipinski definition) is 1. The smallest absolute Gasteiger partial charge is 0.273 e. The number of rotatable bonds is 8. The van der Waals surface area contributed by atoms with Crippen LogP contribution >= 0.6 is 0 Å². The quantitative estimate of drug-likeness (QED) is 0.640. The predicted octanol–water partition coefficient (Wildman–Crippen LogP) is 1.98. The van der Waals surface area contributed by atoms with Crippen LogP contribution in [0.3, 0.4) is 0 Å². The minimum absolute atomic E-state index is 0.255. The average molecular weight is 326 g/mol. The lowest BCUT2D eigenvalue weighted by Gasteiger charge is -2.05. The van der Waals surface area contributed by atoms with Gasteiger partial charge in [-0.3, -0.25) is 9.48 Å². The zero-order valence-corrected chi connectivity index (χ0v) is 13.1. The SMILES string of the molecule is O=C(NCCOCCn1cccn1)c1cc(-c2ccccc2)on1. The van der Waals surface area contributed by atoms with Gasteiger partial charge in [0, 0.05) is 30.6 Å². The molecule has 0 aliphatic carbocycles. The monoisotopic (exact) mass is 326 g/mol. The second-order valence-electron chi connectivity index (χ2n) is 5.08. The van der Waals surface area contributed by atoms with E-state index in [4.69, 9.17) is 9.26 Å². The molecular weight excluding hydrogens is 308 g/mol. The van der Waals surface area contributed by atoms with E-state index < -0.39 is 0 Å². The summed E-state index contributed by atoms with van der Waals surface area (Å²) in [6.45, 7) is 2.06. The zero-order valence-electron chi connectivity index (χ0n) is 13.1. The van der Waals surface area contributed by atoms with Gasteiger partial charge >= 0.3 is 0 Å². The minimum atomic E-state index is -0.281. The first-order valence-electron chi connectivity index (χ1n) is 7.68. The molecule has 3 rings (SSSR count). The van der Waals surface area contributed by atoms with Gasteiger partial charge in [0.05, 0.1) is 19.8 Å². The Kier molecular flexibility index (Phi) is 5.36. The van der Waals surface area contributed by atoms with Crippen molar-refractivity contribution in [2.45, 2.75) is 6.54 Å². The molecule has 0 aliphatic heterocycles. The van der Waals surface area contributed by atoms with E-state index in [0.29, 0.717) is 32.1 Å². The van der Waals surface area contributed by atoms with E-state index in [1.54, 1.807) is 16.9 Å². The topological polar surface area (TPSA) is 82.2 Å². The first-order chi connectivity index (χ1) is 11.8. The Morgan fingerprint density at radius 2 is 2.08 bits per heavy atom. The van der Waals surface area contributed by atoms with Crippen molar-refractivity contribution < 1.29 is 14.1 Å². The van der Waals surface area contributed by atoms with Gasteiger partial charge in [-0.25, -0.2) is 0 Å². The fourth-order valence-corrected chi connectivity index (χ4v) is 2.14. The van der Waals surface area contributed by atoms with E-state index in [-0.39, 0.29) is 11.6 Å². The fraction of sp³-hybridized carbons (Fsp3) is 0.235. The molecular formula is C17H18N4O3. The van der Waals surface area contributed by atoms with Crippen molar-refractivity contribution in [1.82, 2.24) is 20.3 Å². The highest BCUT2D eigenvalue weighted by atomic mass is 16.5. The number of carbonyl (C=O) groups excluding carboxylic acids is 1. The number of nitrogens with zero attached hydrogens (tertiary/aromatic N) is 3. The Labute approximate surface area is 139 Å². The van der Waals surface area contributed by atoms with E-state index in [1.807, 2.05) is 42.6 Å². The summed E-state index contributed by atoms with van der Waals surface area (Å²) in [4.78, 5) is 12.0. The Balaban J connectivity index is 1.38. The van der Waals surface area contributed by atoms with Gasteiger partial charge in [0.2, 0.25) is 0 Å².